The van der Waals surface area contributed by atoms with Gasteiger partial charge in [0.1, 0.15) is 6.04 Å². The number of hydrogen-bond donors (Lipinski definition) is 3. The van der Waals surface area contributed by atoms with Crippen LogP contribution < -0.4 is 5.32 Å². The number of carboxylic acid groups (broad SMARTS) is 1. The summed E-state index contributed by atoms with van der Waals surface area (Å²) < 4.78 is 0. The summed E-state index contributed by atoms with van der Waals surface area (Å²) in [5.74, 6) is -1.04. The Morgan fingerprint density at radius 2 is 1.95 bits per heavy atom. The Labute approximate surface area is 113 Å². The molecule has 2 amide bonds. The lowest BCUT2D eigenvalue weighted by atomic mass is 9.86. The highest BCUT2D eigenvalue weighted by atomic mass is 16.4. The van der Waals surface area contributed by atoms with Crippen LogP contribution in [0, 0.1) is 5.41 Å². The van der Waals surface area contributed by atoms with E-state index in [-0.39, 0.29) is 19.2 Å². The van der Waals surface area contributed by atoms with E-state index in [4.69, 9.17) is 5.11 Å². The molecular formula is C13H24N2O4. The average molecular weight is 272 g/mol. The summed E-state index contributed by atoms with van der Waals surface area (Å²) in [6.07, 6.45) is 2.91. The standard InChI is InChI=1S/C13H24N2O4/c1-13(2,3)10(11(17)18)14-12(19)15(7-8-16)9-5-4-6-9/h9-10,16H,4-8H2,1-3H3,(H,14,19)(H,17,18). The quantitative estimate of drug-likeness (QED) is 0.697. The number of nitrogens with zero attached hydrogens (tertiary/aromatic N) is 1. The van der Waals surface area contributed by atoms with Crippen LogP contribution in [0.5, 0.6) is 0 Å². The van der Waals surface area contributed by atoms with Crippen LogP contribution in [0.1, 0.15) is 40.0 Å². The molecule has 0 radical (unpaired) electrons. The van der Waals surface area contributed by atoms with E-state index in [1.165, 1.54) is 0 Å². The predicted molar refractivity (Wildman–Crippen MR) is 70.8 cm³/mol. The molecule has 6 nitrogen and oxygen atoms in total. The molecule has 6 heteroatoms. The van der Waals surface area contributed by atoms with E-state index < -0.39 is 23.5 Å². The second kappa shape index (κ2) is 6.23. The van der Waals surface area contributed by atoms with Gasteiger partial charge in [-0.3, -0.25) is 0 Å². The number of carbonyl (C=O) groups is 2. The van der Waals surface area contributed by atoms with Gasteiger partial charge in [-0.05, 0) is 24.7 Å². The van der Waals surface area contributed by atoms with Crippen molar-refractivity contribution >= 4 is 12.0 Å². The zero-order valence-corrected chi connectivity index (χ0v) is 11.8. The Morgan fingerprint density at radius 3 is 2.26 bits per heavy atom. The number of nitrogens with one attached hydrogen (secondary N) is 1. The normalized spacial score (nSPS) is 17.5. The molecule has 0 spiro atoms. The van der Waals surface area contributed by atoms with Crippen molar-refractivity contribution in [1.82, 2.24) is 10.2 Å². The third-order valence-electron chi connectivity index (χ3n) is 3.50. The second-order valence-corrected chi connectivity index (χ2v) is 6.09. The van der Waals surface area contributed by atoms with E-state index in [1.54, 1.807) is 25.7 Å². The van der Waals surface area contributed by atoms with Crippen molar-refractivity contribution in [3.05, 3.63) is 0 Å². The van der Waals surface area contributed by atoms with Gasteiger partial charge < -0.3 is 20.4 Å². The summed E-state index contributed by atoms with van der Waals surface area (Å²) >= 11 is 0. The largest absolute Gasteiger partial charge is 0.480 e. The fourth-order valence-corrected chi connectivity index (χ4v) is 2.11. The minimum atomic E-state index is -1.04. The van der Waals surface area contributed by atoms with Gasteiger partial charge in [0.05, 0.1) is 6.61 Å². The summed E-state index contributed by atoms with van der Waals surface area (Å²) in [5.41, 5.74) is -0.564. The predicted octanol–water partition coefficient (Wildman–Crippen LogP) is 1.04. The molecule has 110 valence electrons. The van der Waals surface area contributed by atoms with Crippen molar-refractivity contribution in [3.63, 3.8) is 0 Å². The summed E-state index contributed by atoms with van der Waals surface area (Å²) in [6, 6.07) is -1.22. The van der Waals surface area contributed by atoms with Gasteiger partial charge in [0, 0.05) is 12.6 Å². The topological polar surface area (TPSA) is 89.9 Å². The van der Waals surface area contributed by atoms with E-state index in [1.807, 2.05) is 0 Å². The van der Waals surface area contributed by atoms with E-state index in [2.05, 4.69) is 5.32 Å². The summed E-state index contributed by atoms with van der Waals surface area (Å²) in [4.78, 5) is 24.9. The number of aliphatic carboxylic acids is 1. The van der Waals surface area contributed by atoms with E-state index >= 15 is 0 Å². The Hall–Kier alpha value is -1.30. The fourth-order valence-electron chi connectivity index (χ4n) is 2.11. The first-order valence-electron chi connectivity index (χ1n) is 6.68. The molecule has 19 heavy (non-hydrogen) atoms. The highest BCUT2D eigenvalue weighted by Gasteiger charge is 2.36. The van der Waals surface area contributed by atoms with Gasteiger partial charge in [0.15, 0.2) is 0 Å². The van der Waals surface area contributed by atoms with Crippen LogP contribution in [-0.4, -0.2) is 52.3 Å². The number of carboxylic acids is 1. The summed E-state index contributed by atoms with van der Waals surface area (Å²) in [6.45, 7) is 5.44. The molecule has 0 heterocycles. The first-order chi connectivity index (χ1) is 8.77. The lowest BCUT2D eigenvalue weighted by Crippen LogP contribution is -2.57. The maximum atomic E-state index is 12.2. The maximum Gasteiger partial charge on any atom is 0.326 e. The minimum Gasteiger partial charge on any atom is -0.480 e. The van der Waals surface area contributed by atoms with Crippen LogP contribution in [0.4, 0.5) is 4.79 Å². The van der Waals surface area contributed by atoms with Crippen LogP contribution in [0.15, 0.2) is 0 Å². The third kappa shape index (κ3) is 4.09. The van der Waals surface area contributed by atoms with Crippen LogP contribution >= 0.6 is 0 Å². The molecule has 1 aliphatic rings. The Balaban J connectivity index is 2.70. The first-order valence-corrected chi connectivity index (χ1v) is 6.68. The van der Waals surface area contributed by atoms with Crippen LogP contribution in [0.25, 0.3) is 0 Å². The number of carbonyl (C=O) groups excluding carboxylic acids is 1. The smallest absolute Gasteiger partial charge is 0.326 e. The molecule has 0 bridgehead atoms. The minimum absolute atomic E-state index is 0.114. The first kappa shape index (κ1) is 15.8. The van der Waals surface area contributed by atoms with Crippen LogP contribution in [0.3, 0.4) is 0 Å². The van der Waals surface area contributed by atoms with Crippen molar-refractivity contribution in [2.24, 2.45) is 5.41 Å². The molecule has 1 aliphatic carbocycles. The van der Waals surface area contributed by atoms with E-state index in [0.29, 0.717) is 0 Å². The van der Waals surface area contributed by atoms with E-state index in [0.717, 1.165) is 19.3 Å². The highest BCUT2D eigenvalue weighted by molar-refractivity contribution is 5.83. The molecule has 1 atom stereocenters. The molecule has 0 aliphatic heterocycles. The molecule has 0 saturated heterocycles. The number of urea groups is 1. The zero-order valence-electron chi connectivity index (χ0n) is 11.8. The third-order valence-corrected chi connectivity index (χ3v) is 3.50. The molecule has 1 fully saturated rings. The van der Waals surface area contributed by atoms with Gasteiger partial charge in [0.25, 0.3) is 0 Å². The molecule has 0 aromatic carbocycles. The number of aliphatic hydroxyl groups is 1. The molecule has 1 rings (SSSR count). The molecular weight excluding hydrogens is 248 g/mol. The average Bonchev–Trinajstić information content (AvgIpc) is 2.20. The zero-order chi connectivity index (χ0) is 14.6. The van der Waals surface area contributed by atoms with Crippen molar-refractivity contribution < 1.29 is 19.8 Å². The monoisotopic (exact) mass is 272 g/mol. The van der Waals surface area contributed by atoms with Crippen molar-refractivity contribution in [2.75, 3.05) is 13.2 Å². The van der Waals surface area contributed by atoms with Gasteiger partial charge in [-0.2, -0.15) is 0 Å². The summed E-state index contributed by atoms with van der Waals surface area (Å²) in [5, 5.41) is 20.8. The van der Waals surface area contributed by atoms with Gasteiger partial charge in [-0.15, -0.1) is 0 Å². The Kier molecular flexibility index (Phi) is 5.17. The fraction of sp³-hybridized carbons (Fsp3) is 0.846. The second-order valence-electron chi connectivity index (χ2n) is 6.09. The molecule has 1 unspecified atom stereocenters. The highest BCUT2D eigenvalue weighted by Crippen LogP contribution is 2.25. The van der Waals surface area contributed by atoms with E-state index in [9.17, 15) is 14.7 Å². The number of aliphatic hydroxyl groups excluding tert-OH is 1. The van der Waals surface area contributed by atoms with Gasteiger partial charge in [-0.25, -0.2) is 9.59 Å². The molecule has 1 saturated carbocycles. The molecule has 0 aromatic heterocycles. The lowest BCUT2D eigenvalue weighted by molar-refractivity contribution is -0.142. The van der Waals surface area contributed by atoms with Crippen molar-refractivity contribution in [1.29, 1.82) is 0 Å². The number of rotatable bonds is 5. The molecule has 0 aromatic rings. The van der Waals surface area contributed by atoms with Crippen LogP contribution in [0.2, 0.25) is 0 Å². The van der Waals surface area contributed by atoms with Crippen molar-refractivity contribution in [3.8, 4) is 0 Å². The Morgan fingerprint density at radius 1 is 1.37 bits per heavy atom. The summed E-state index contributed by atoms with van der Waals surface area (Å²) in [7, 11) is 0. The molecule has 3 N–H and O–H groups in total. The lowest BCUT2D eigenvalue weighted by Gasteiger charge is -2.39. The number of hydrogen-bond acceptors (Lipinski definition) is 3. The number of amides is 2. The maximum absolute atomic E-state index is 12.2. The van der Waals surface area contributed by atoms with Crippen molar-refractivity contribution in [2.45, 2.75) is 52.1 Å². The van der Waals surface area contributed by atoms with Gasteiger partial charge in [0.2, 0.25) is 0 Å². The Bertz CT molecular complexity index is 334. The van der Waals surface area contributed by atoms with Gasteiger partial charge >= 0.3 is 12.0 Å². The SMILES string of the molecule is CC(C)(C)C(NC(=O)N(CCO)C1CCC1)C(=O)O. The van der Waals surface area contributed by atoms with Crippen LogP contribution in [-0.2, 0) is 4.79 Å². The van der Waals surface area contributed by atoms with Gasteiger partial charge in [-0.1, -0.05) is 20.8 Å².